The zero-order valence-electron chi connectivity index (χ0n) is 18.0. The fraction of sp³-hybridized carbons (Fsp3) is 0.391. The zero-order valence-corrected chi connectivity index (χ0v) is 19.7. The molecule has 0 aliphatic carbocycles. The van der Waals surface area contributed by atoms with Crippen LogP contribution in [0.4, 0.5) is 0 Å². The van der Waals surface area contributed by atoms with Crippen molar-refractivity contribution in [1.29, 1.82) is 0 Å². The molecule has 0 N–H and O–H groups in total. The first-order valence-corrected chi connectivity index (χ1v) is 12.8. The molecule has 2 aromatic carbocycles. The van der Waals surface area contributed by atoms with E-state index in [1.165, 1.54) is 29.0 Å². The zero-order chi connectivity index (χ0) is 22.2. The summed E-state index contributed by atoms with van der Waals surface area (Å²) < 4.78 is 30.4. The number of rotatable bonds is 4. The van der Waals surface area contributed by atoms with Crippen LogP contribution in [0.1, 0.15) is 42.6 Å². The Morgan fingerprint density at radius 3 is 2.61 bits per heavy atom. The fourth-order valence-electron chi connectivity index (χ4n) is 4.11. The van der Waals surface area contributed by atoms with Crippen molar-refractivity contribution < 1.29 is 13.2 Å². The molecule has 2 heterocycles. The van der Waals surface area contributed by atoms with Crippen LogP contribution in [0.2, 0.25) is 0 Å². The van der Waals surface area contributed by atoms with Crippen LogP contribution >= 0.6 is 11.3 Å². The first kappa shape index (κ1) is 21.9. The fourth-order valence-corrected chi connectivity index (χ4v) is 6.77. The van der Waals surface area contributed by atoms with Crippen molar-refractivity contribution in [2.45, 2.75) is 38.0 Å². The number of aryl methyl sites for hydroxylation is 2. The minimum absolute atomic E-state index is 0.221. The largest absolute Gasteiger partial charge is 0.319 e. The van der Waals surface area contributed by atoms with Gasteiger partial charge in [-0.05, 0) is 61.1 Å². The van der Waals surface area contributed by atoms with Crippen LogP contribution < -0.4 is 4.80 Å². The highest BCUT2D eigenvalue weighted by Crippen LogP contribution is 2.24. The number of sulfonamides is 1. The van der Waals surface area contributed by atoms with Crippen molar-refractivity contribution in [1.82, 2.24) is 8.87 Å². The smallest absolute Gasteiger partial charge is 0.279 e. The molecule has 31 heavy (non-hydrogen) atoms. The molecular weight excluding hydrogens is 430 g/mol. The van der Waals surface area contributed by atoms with E-state index in [2.05, 4.69) is 24.9 Å². The maximum atomic E-state index is 12.9. The topological polar surface area (TPSA) is 71.7 Å². The molecule has 0 radical (unpaired) electrons. The van der Waals surface area contributed by atoms with Crippen molar-refractivity contribution in [2.75, 3.05) is 13.1 Å². The molecule has 1 aromatic heterocycles. The summed E-state index contributed by atoms with van der Waals surface area (Å²) in [6.45, 7) is 5.27. The lowest BCUT2D eigenvalue weighted by Crippen LogP contribution is -2.39. The van der Waals surface area contributed by atoms with E-state index in [4.69, 9.17) is 0 Å². The maximum Gasteiger partial charge on any atom is 0.279 e. The van der Waals surface area contributed by atoms with E-state index in [9.17, 15) is 13.2 Å². The van der Waals surface area contributed by atoms with Crippen LogP contribution in [0.3, 0.4) is 0 Å². The van der Waals surface area contributed by atoms with Crippen molar-refractivity contribution in [3.63, 3.8) is 0 Å². The van der Waals surface area contributed by atoms with E-state index in [1.807, 2.05) is 23.7 Å². The predicted molar refractivity (Wildman–Crippen MR) is 124 cm³/mol. The number of carbonyl (C=O) groups excluding carboxylic acids is 1. The highest BCUT2D eigenvalue weighted by atomic mass is 32.2. The Morgan fingerprint density at radius 1 is 1.19 bits per heavy atom. The molecule has 1 aliphatic heterocycles. The lowest BCUT2D eigenvalue weighted by molar-refractivity contribution is 0.0998. The number of amides is 1. The lowest BCUT2D eigenvalue weighted by Gasteiger charge is -2.30. The Hall–Kier alpha value is -2.29. The van der Waals surface area contributed by atoms with Crippen molar-refractivity contribution in [2.24, 2.45) is 18.0 Å². The van der Waals surface area contributed by atoms with Gasteiger partial charge in [0.2, 0.25) is 10.0 Å². The van der Waals surface area contributed by atoms with Crippen LogP contribution in [0.5, 0.6) is 0 Å². The molecular formula is C23H27N3O3S2. The number of thiazole rings is 1. The van der Waals surface area contributed by atoms with Gasteiger partial charge in [-0.3, -0.25) is 4.79 Å². The van der Waals surface area contributed by atoms with Gasteiger partial charge in [-0.2, -0.15) is 9.30 Å². The van der Waals surface area contributed by atoms with Crippen molar-refractivity contribution in [3.8, 4) is 0 Å². The average Bonchev–Trinajstić information content (AvgIpc) is 3.09. The summed E-state index contributed by atoms with van der Waals surface area (Å²) >= 11 is 1.48. The minimum Gasteiger partial charge on any atom is -0.319 e. The number of nitrogens with zero attached hydrogens (tertiary/aromatic N) is 3. The molecule has 1 fully saturated rings. The van der Waals surface area contributed by atoms with E-state index < -0.39 is 10.0 Å². The van der Waals surface area contributed by atoms with Gasteiger partial charge in [-0.15, -0.1) is 0 Å². The number of hydrogen-bond acceptors (Lipinski definition) is 4. The molecule has 1 saturated heterocycles. The van der Waals surface area contributed by atoms with Gasteiger partial charge in [0.1, 0.15) is 0 Å². The first-order valence-electron chi connectivity index (χ1n) is 10.6. The SMILES string of the molecule is CCc1cccc2sc(=NC(=O)c3ccc(S(=O)(=O)N4CCCC(C)C4)cc3)n(C)c12. The first-order chi connectivity index (χ1) is 14.8. The minimum atomic E-state index is -3.54. The van der Waals surface area contributed by atoms with Gasteiger partial charge in [0.05, 0.1) is 15.1 Å². The number of benzene rings is 2. The van der Waals surface area contributed by atoms with E-state index in [0.717, 1.165) is 29.5 Å². The molecule has 0 bridgehead atoms. The summed E-state index contributed by atoms with van der Waals surface area (Å²) in [5.41, 5.74) is 2.68. The predicted octanol–water partition coefficient (Wildman–Crippen LogP) is 3.96. The third kappa shape index (κ3) is 4.24. The molecule has 0 spiro atoms. The van der Waals surface area contributed by atoms with E-state index in [-0.39, 0.29) is 10.8 Å². The normalized spacial score (nSPS) is 18.5. The van der Waals surface area contributed by atoms with E-state index in [0.29, 0.717) is 29.4 Å². The second kappa shape index (κ2) is 8.68. The molecule has 1 atom stereocenters. The Labute approximate surface area is 186 Å². The number of piperidine rings is 1. The number of hydrogen-bond donors (Lipinski definition) is 0. The second-order valence-electron chi connectivity index (χ2n) is 8.11. The van der Waals surface area contributed by atoms with E-state index >= 15 is 0 Å². The maximum absolute atomic E-state index is 12.9. The highest BCUT2D eigenvalue weighted by molar-refractivity contribution is 7.89. The van der Waals surface area contributed by atoms with Crippen molar-refractivity contribution in [3.05, 3.63) is 58.4 Å². The summed E-state index contributed by atoms with van der Waals surface area (Å²) in [6.07, 6.45) is 2.83. The molecule has 4 rings (SSSR count). The molecule has 1 aliphatic rings. The summed E-state index contributed by atoms with van der Waals surface area (Å²) in [5.74, 6) is -0.0193. The van der Waals surface area contributed by atoms with Gasteiger partial charge in [0.25, 0.3) is 5.91 Å². The van der Waals surface area contributed by atoms with Crippen LogP contribution in [-0.2, 0) is 23.5 Å². The lowest BCUT2D eigenvalue weighted by atomic mass is 10.0. The Kier molecular flexibility index (Phi) is 6.14. The average molecular weight is 458 g/mol. The molecule has 1 amide bonds. The molecule has 8 heteroatoms. The van der Waals surface area contributed by atoms with Gasteiger partial charge in [-0.1, -0.05) is 37.3 Å². The highest BCUT2D eigenvalue weighted by Gasteiger charge is 2.28. The summed E-state index contributed by atoms with van der Waals surface area (Å²) in [4.78, 5) is 17.9. The van der Waals surface area contributed by atoms with Crippen LogP contribution in [0.25, 0.3) is 10.2 Å². The van der Waals surface area contributed by atoms with Gasteiger partial charge in [-0.25, -0.2) is 8.42 Å². The monoisotopic (exact) mass is 457 g/mol. The quantitative estimate of drug-likeness (QED) is 0.595. The Bertz CT molecular complexity index is 1290. The Balaban J connectivity index is 1.62. The number of aromatic nitrogens is 1. The van der Waals surface area contributed by atoms with E-state index in [1.54, 1.807) is 16.4 Å². The standard InChI is InChI=1S/C23H27N3O3S2/c1-4-17-8-5-9-20-21(17)25(3)23(30-20)24-22(27)18-10-12-19(13-11-18)31(28,29)26-14-6-7-16(2)15-26/h5,8-13,16H,4,6-7,14-15H2,1-3H3. The number of para-hydroxylation sites is 1. The molecule has 6 nitrogen and oxygen atoms in total. The number of carbonyl (C=O) groups is 1. The van der Waals surface area contributed by atoms with Gasteiger partial charge in [0, 0.05) is 25.7 Å². The molecule has 0 saturated carbocycles. The van der Waals surface area contributed by atoms with Crippen LogP contribution in [-0.4, -0.2) is 36.3 Å². The second-order valence-corrected chi connectivity index (χ2v) is 11.1. The summed E-state index contributed by atoms with van der Waals surface area (Å²) in [5, 5.41) is 0. The van der Waals surface area contributed by atoms with Crippen LogP contribution in [0.15, 0.2) is 52.4 Å². The summed E-state index contributed by atoms with van der Waals surface area (Å²) in [6, 6.07) is 12.3. The van der Waals surface area contributed by atoms with Crippen LogP contribution in [0, 0.1) is 5.92 Å². The van der Waals surface area contributed by atoms with Crippen molar-refractivity contribution >= 4 is 37.5 Å². The third-order valence-electron chi connectivity index (χ3n) is 5.84. The number of fused-ring (bicyclic) bond motifs is 1. The molecule has 1 unspecified atom stereocenters. The van der Waals surface area contributed by atoms with Gasteiger partial charge < -0.3 is 4.57 Å². The third-order valence-corrected chi connectivity index (χ3v) is 8.82. The Morgan fingerprint density at radius 2 is 1.94 bits per heavy atom. The van der Waals surface area contributed by atoms with Gasteiger partial charge >= 0.3 is 0 Å². The molecule has 164 valence electrons. The van der Waals surface area contributed by atoms with Gasteiger partial charge in [0.15, 0.2) is 4.80 Å². The molecule has 3 aromatic rings. The summed E-state index contributed by atoms with van der Waals surface area (Å²) in [7, 11) is -1.62.